The van der Waals surface area contributed by atoms with Gasteiger partial charge in [0.15, 0.2) is 11.5 Å². The van der Waals surface area contributed by atoms with Crippen molar-refractivity contribution >= 4 is 49.9 Å². The van der Waals surface area contributed by atoms with E-state index in [1.165, 1.54) is 11.6 Å². The maximum absolute atomic E-state index is 12.6. The number of aryl methyl sites for hydroxylation is 2. The van der Waals surface area contributed by atoms with E-state index in [9.17, 15) is 13.2 Å². The topological polar surface area (TPSA) is 131 Å². The highest BCUT2D eigenvalue weighted by molar-refractivity contribution is 8.16. The maximum Gasteiger partial charge on any atom is 0.283 e. The lowest BCUT2D eigenvalue weighted by atomic mass is 10.1. The summed E-state index contributed by atoms with van der Waals surface area (Å²) < 4.78 is 45.4. The zero-order valence-corrected chi connectivity index (χ0v) is 22.4. The summed E-state index contributed by atoms with van der Waals surface area (Å²) in [5, 5.41) is 8.18. The standard InChI is InChI=1S/C25H26N4O6S2/c1-5-33-21-14-17(7-9-20(21)35-11-10-34-18-8-6-15(2)16(3)12-18)13-19-22(26)29-24(27-23(19)30)36-28-25(29)37(4,31)32/h6-9,12-14,26H,5,10-11H2,1-4H3/b19-13-,26-22?. The van der Waals surface area contributed by atoms with Crippen LogP contribution < -0.4 is 14.2 Å². The number of hydrogen-bond donors (Lipinski definition) is 1. The number of nitrogens with one attached hydrogen (secondary N) is 1. The van der Waals surface area contributed by atoms with E-state index in [0.717, 1.165) is 34.4 Å². The fourth-order valence-corrected chi connectivity index (χ4v) is 5.37. The predicted molar refractivity (Wildman–Crippen MR) is 144 cm³/mol. The first-order valence-corrected chi connectivity index (χ1v) is 14.0. The summed E-state index contributed by atoms with van der Waals surface area (Å²) in [6.07, 6.45) is 2.45. The molecule has 2 aromatic rings. The number of aliphatic imine (C=N–C) groups is 1. The van der Waals surface area contributed by atoms with Crippen molar-refractivity contribution in [2.24, 2.45) is 9.39 Å². The highest BCUT2D eigenvalue weighted by Crippen LogP contribution is 2.32. The number of carbonyl (C=O) groups excluding carboxylic acids is 1. The van der Waals surface area contributed by atoms with E-state index < -0.39 is 15.7 Å². The fraction of sp³-hybridized carbons (Fsp3) is 0.280. The second kappa shape index (κ2) is 10.8. The number of benzene rings is 2. The molecule has 0 atom stereocenters. The fourth-order valence-electron chi connectivity index (χ4n) is 3.52. The summed E-state index contributed by atoms with van der Waals surface area (Å²) in [7, 11) is -3.72. The van der Waals surface area contributed by atoms with Crippen molar-refractivity contribution in [1.82, 2.24) is 4.90 Å². The molecule has 37 heavy (non-hydrogen) atoms. The number of nitrogens with zero attached hydrogens (tertiary/aromatic N) is 3. The van der Waals surface area contributed by atoms with E-state index in [1.807, 2.05) is 39.0 Å². The van der Waals surface area contributed by atoms with Crippen molar-refractivity contribution in [2.45, 2.75) is 20.8 Å². The van der Waals surface area contributed by atoms with Gasteiger partial charge in [-0.2, -0.15) is 9.39 Å². The number of amidine groups is 3. The molecule has 2 aliphatic rings. The third-order valence-electron chi connectivity index (χ3n) is 5.49. The van der Waals surface area contributed by atoms with Gasteiger partial charge in [0.05, 0.1) is 24.1 Å². The van der Waals surface area contributed by atoms with Crippen LogP contribution >= 0.6 is 11.9 Å². The zero-order chi connectivity index (χ0) is 26.7. The highest BCUT2D eigenvalue weighted by Gasteiger charge is 2.41. The number of hydrogen-bond acceptors (Lipinski definition) is 9. The van der Waals surface area contributed by atoms with Gasteiger partial charge in [0, 0.05) is 6.26 Å². The zero-order valence-electron chi connectivity index (χ0n) is 20.8. The molecule has 194 valence electrons. The molecule has 1 amide bonds. The molecule has 0 fully saturated rings. The summed E-state index contributed by atoms with van der Waals surface area (Å²) >= 11 is 0.746. The quantitative estimate of drug-likeness (QED) is 0.303. The maximum atomic E-state index is 12.6. The van der Waals surface area contributed by atoms with E-state index >= 15 is 0 Å². The Labute approximate surface area is 219 Å². The van der Waals surface area contributed by atoms with Crippen LogP contribution in [0.1, 0.15) is 23.6 Å². The van der Waals surface area contributed by atoms with E-state index in [4.69, 9.17) is 19.6 Å². The molecular weight excluding hydrogens is 516 g/mol. The highest BCUT2D eigenvalue weighted by atomic mass is 32.2. The van der Waals surface area contributed by atoms with Crippen LogP contribution in [-0.2, 0) is 14.6 Å². The van der Waals surface area contributed by atoms with Crippen molar-refractivity contribution in [3.8, 4) is 17.2 Å². The van der Waals surface area contributed by atoms with E-state index in [1.54, 1.807) is 18.2 Å². The van der Waals surface area contributed by atoms with Gasteiger partial charge in [-0.25, -0.2) is 13.3 Å². The average molecular weight is 543 g/mol. The molecule has 2 aliphatic heterocycles. The smallest absolute Gasteiger partial charge is 0.283 e. The largest absolute Gasteiger partial charge is 0.490 e. The van der Waals surface area contributed by atoms with E-state index in [2.05, 4.69) is 9.39 Å². The molecule has 12 heteroatoms. The molecule has 0 saturated heterocycles. The third kappa shape index (κ3) is 5.86. The molecular formula is C25H26N4O6S2. The molecule has 0 bridgehead atoms. The molecule has 2 aromatic carbocycles. The van der Waals surface area contributed by atoms with Crippen LogP contribution in [0.2, 0.25) is 0 Å². The Bertz CT molecular complexity index is 1460. The first-order chi connectivity index (χ1) is 17.6. The van der Waals surface area contributed by atoms with Crippen LogP contribution in [0.15, 0.2) is 51.4 Å². The number of rotatable bonds is 8. The van der Waals surface area contributed by atoms with Crippen LogP contribution in [0.3, 0.4) is 0 Å². The van der Waals surface area contributed by atoms with E-state index in [0.29, 0.717) is 30.3 Å². The van der Waals surface area contributed by atoms with Crippen molar-refractivity contribution in [3.05, 3.63) is 58.7 Å². The van der Waals surface area contributed by atoms with Crippen LogP contribution in [0.25, 0.3) is 6.08 Å². The van der Waals surface area contributed by atoms with Crippen LogP contribution in [0.5, 0.6) is 17.2 Å². The third-order valence-corrected chi connectivity index (χ3v) is 7.25. The van der Waals surface area contributed by atoms with Gasteiger partial charge < -0.3 is 14.2 Å². The van der Waals surface area contributed by atoms with E-state index in [-0.39, 0.29) is 28.4 Å². The van der Waals surface area contributed by atoms with Gasteiger partial charge in [0.25, 0.3) is 5.91 Å². The van der Waals surface area contributed by atoms with Crippen molar-refractivity contribution in [3.63, 3.8) is 0 Å². The number of amides is 1. The van der Waals surface area contributed by atoms with Crippen molar-refractivity contribution in [2.75, 3.05) is 26.1 Å². The molecule has 0 aliphatic carbocycles. The number of fused-ring (bicyclic) bond motifs is 1. The Morgan fingerprint density at radius 1 is 1.03 bits per heavy atom. The van der Waals surface area contributed by atoms with Gasteiger partial charge >= 0.3 is 0 Å². The Kier molecular flexibility index (Phi) is 7.69. The van der Waals surface area contributed by atoms with Crippen molar-refractivity contribution in [1.29, 1.82) is 5.41 Å². The lowest BCUT2D eigenvalue weighted by molar-refractivity contribution is -0.114. The van der Waals surface area contributed by atoms with Gasteiger partial charge in [-0.1, -0.05) is 12.1 Å². The van der Waals surface area contributed by atoms with Crippen LogP contribution in [0, 0.1) is 19.3 Å². The van der Waals surface area contributed by atoms with Crippen LogP contribution in [-0.4, -0.2) is 61.5 Å². The predicted octanol–water partition coefficient (Wildman–Crippen LogP) is 3.78. The minimum Gasteiger partial charge on any atom is -0.490 e. The molecule has 0 radical (unpaired) electrons. The molecule has 0 unspecified atom stereocenters. The summed E-state index contributed by atoms with van der Waals surface area (Å²) in [6.45, 7) is 6.92. The minimum atomic E-state index is -3.72. The average Bonchev–Trinajstić information content (AvgIpc) is 3.27. The second-order valence-corrected chi connectivity index (χ2v) is 10.9. The summed E-state index contributed by atoms with van der Waals surface area (Å²) in [5.41, 5.74) is 2.83. The summed E-state index contributed by atoms with van der Waals surface area (Å²) in [4.78, 5) is 17.6. The number of carbonyl (C=O) groups is 1. The van der Waals surface area contributed by atoms with Gasteiger partial charge in [-0.15, -0.1) is 0 Å². The first-order valence-electron chi connectivity index (χ1n) is 11.4. The molecule has 2 heterocycles. The monoisotopic (exact) mass is 542 g/mol. The Morgan fingerprint density at radius 3 is 2.49 bits per heavy atom. The minimum absolute atomic E-state index is 0.0364. The first kappa shape index (κ1) is 26.4. The Hall–Kier alpha value is -3.64. The van der Waals surface area contributed by atoms with Crippen molar-refractivity contribution < 1.29 is 27.4 Å². The van der Waals surface area contributed by atoms with Gasteiger partial charge in [0.1, 0.15) is 24.8 Å². The SMILES string of the molecule is CCOc1cc(/C=C2/C(=N)N3C(=NC2=O)SN=C3S(C)(=O)=O)ccc1OCCOc1ccc(C)c(C)c1. The summed E-state index contributed by atoms with van der Waals surface area (Å²) in [5.74, 6) is 0.753. The molecule has 4 rings (SSSR count). The van der Waals surface area contributed by atoms with Gasteiger partial charge in [-0.3, -0.25) is 10.2 Å². The molecule has 0 saturated carbocycles. The summed E-state index contributed by atoms with van der Waals surface area (Å²) in [6, 6.07) is 11.0. The van der Waals surface area contributed by atoms with Gasteiger partial charge in [-0.05, 0) is 67.8 Å². The second-order valence-electron chi connectivity index (χ2n) is 8.26. The molecule has 0 spiro atoms. The lowest BCUT2D eigenvalue weighted by Gasteiger charge is -2.23. The van der Waals surface area contributed by atoms with Gasteiger partial charge in [0.2, 0.25) is 20.2 Å². The molecule has 10 nitrogen and oxygen atoms in total. The lowest BCUT2D eigenvalue weighted by Crippen LogP contribution is -2.45. The molecule has 1 N–H and O–H groups in total. The normalized spacial score (nSPS) is 16.4. The number of sulfone groups is 1. The molecule has 0 aromatic heterocycles. The Balaban J connectivity index is 1.49. The Morgan fingerprint density at radius 2 is 1.78 bits per heavy atom. The number of ether oxygens (including phenoxy) is 3. The van der Waals surface area contributed by atoms with Crippen LogP contribution in [0.4, 0.5) is 0 Å².